The fourth-order valence-electron chi connectivity index (χ4n) is 4.51. The number of carbonyl (C=O) groups is 1. The number of hydrogen-bond acceptors (Lipinski definition) is 5. The normalized spacial score (nSPS) is 25.1. The summed E-state index contributed by atoms with van der Waals surface area (Å²) in [6.45, 7) is 2.11. The Bertz CT molecular complexity index is 936. The highest BCUT2D eigenvalue weighted by molar-refractivity contribution is 7.18. The summed E-state index contributed by atoms with van der Waals surface area (Å²) >= 11 is 1.69. The van der Waals surface area contributed by atoms with Crippen LogP contribution in [0.4, 0.5) is 0 Å². The predicted octanol–water partition coefficient (Wildman–Crippen LogP) is 3.46. The number of benzene rings is 1. The zero-order chi connectivity index (χ0) is 17.7. The molecule has 0 radical (unpaired) electrons. The SMILES string of the molecule is CCc1nc2ccc(C(=O)N3C4CCC3CC(n3cncn3)C4)cc2s1. The molecule has 2 fully saturated rings. The molecule has 134 valence electrons. The van der Waals surface area contributed by atoms with E-state index in [1.807, 2.05) is 22.9 Å². The van der Waals surface area contributed by atoms with Gasteiger partial charge in [-0.1, -0.05) is 6.92 Å². The van der Waals surface area contributed by atoms with Crippen LogP contribution in [0.3, 0.4) is 0 Å². The Kier molecular flexibility index (Phi) is 3.77. The highest BCUT2D eigenvalue weighted by Gasteiger charge is 2.44. The number of hydrogen-bond donors (Lipinski definition) is 0. The average molecular weight is 367 g/mol. The van der Waals surface area contributed by atoms with E-state index < -0.39 is 0 Å². The summed E-state index contributed by atoms with van der Waals surface area (Å²) in [7, 11) is 0. The van der Waals surface area contributed by atoms with Crippen molar-refractivity contribution in [3.05, 3.63) is 41.4 Å². The third-order valence-electron chi connectivity index (χ3n) is 5.74. The van der Waals surface area contributed by atoms with Crippen molar-refractivity contribution in [3.63, 3.8) is 0 Å². The first-order valence-corrected chi connectivity index (χ1v) is 10.1. The minimum absolute atomic E-state index is 0.169. The molecule has 2 saturated heterocycles. The molecule has 4 heterocycles. The van der Waals surface area contributed by atoms with E-state index >= 15 is 0 Å². The quantitative estimate of drug-likeness (QED) is 0.711. The fraction of sp³-hybridized carbons (Fsp3) is 0.474. The van der Waals surface area contributed by atoms with Crippen molar-refractivity contribution in [1.82, 2.24) is 24.6 Å². The van der Waals surface area contributed by atoms with Gasteiger partial charge in [-0.2, -0.15) is 5.10 Å². The number of aromatic nitrogens is 4. The molecule has 0 aliphatic carbocycles. The second-order valence-corrected chi connectivity index (χ2v) is 8.36. The maximum absolute atomic E-state index is 13.2. The molecule has 2 aliphatic heterocycles. The summed E-state index contributed by atoms with van der Waals surface area (Å²) in [4.78, 5) is 24.1. The number of carbonyl (C=O) groups excluding carboxylic acids is 1. The molecule has 5 rings (SSSR count). The van der Waals surface area contributed by atoms with Crippen molar-refractivity contribution in [2.45, 2.75) is 57.2 Å². The van der Waals surface area contributed by atoms with Crippen LogP contribution in [0.15, 0.2) is 30.9 Å². The first kappa shape index (κ1) is 15.9. The first-order chi connectivity index (χ1) is 12.7. The van der Waals surface area contributed by atoms with Crippen LogP contribution in [0.1, 0.15) is 54.0 Å². The Balaban J connectivity index is 1.41. The second kappa shape index (κ2) is 6.16. The number of thiazole rings is 1. The second-order valence-electron chi connectivity index (χ2n) is 7.24. The van der Waals surface area contributed by atoms with Gasteiger partial charge in [0.25, 0.3) is 5.91 Å². The summed E-state index contributed by atoms with van der Waals surface area (Å²) in [5.41, 5.74) is 1.79. The van der Waals surface area contributed by atoms with Crippen LogP contribution >= 0.6 is 11.3 Å². The Morgan fingerprint density at radius 1 is 1.23 bits per heavy atom. The van der Waals surface area contributed by atoms with Crippen LogP contribution in [0, 0.1) is 0 Å². The van der Waals surface area contributed by atoms with Crippen molar-refractivity contribution in [2.24, 2.45) is 0 Å². The fourth-order valence-corrected chi connectivity index (χ4v) is 5.45. The molecule has 7 heteroatoms. The number of amides is 1. The van der Waals surface area contributed by atoms with Gasteiger partial charge in [-0.15, -0.1) is 11.3 Å². The lowest BCUT2D eigenvalue weighted by atomic mass is 9.96. The largest absolute Gasteiger partial charge is 0.333 e. The molecule has 26 heavy (non-hydrogen) atoms. The Morgan fingerprint density at radius 2 is 2.04 bits per heavy atom. The standard InChI is InChI=1S/C19H21N5OS/c1-2-18-22-16-6-3-12(7-17(16)26-18)19(25)24-13-4-5-14(24)9-15(8-13)23-11-20-10-21-23/h3,6-7,10-11,13-15H,2,4-5,8-9H2,1H3. The number of fused-ring (bicyclic) bond motifs is 3. The summed E-state index contributed by atoms with van der Waals surface area (Å²) in [6.07, 6.45) is 8.43. The zero-order valence-corrected chi connectivity index (χ0v) is 15.5. The Labute approximate surface area is 155 Å². The maximum Gasteiger partial charge on any atom is 0.254 e. The van der Waals surface area contributed by atoms with Crippen molar-refractivity contribution in [2.75, 3.05) is 0 Å². The van der Waals surface area contributed by atoms with Crippen LogP contribution in [-0.2, 0) is 6.42 Å². The van der Waals surface area contributed by atoms with E-state index in [2.05, 4.69) is 26.9 Å². The van der Waals surface area contributed by atoms with Crippen LogP contribution in [0.2, 0.25) is 0 Å². The van der Waals surface area contributed by atoms with Gasteiger partial charge < -0.3 is 4.90 Å². The summed E-state index contributed by atoms with van der Waals surface area (Å²) < 4.78 is 3.07. The summed E-state index contributed by atoms with van der Waals surface area (Å²) in [6, 6.07) is 6.92. The highest BCUT2D eigenvalue weighted by atomic mass is 32.1. The number of piperidine rings is 1. The minimum Gasteiger partial charge on any atom is -0.333 e. The predicted molar refractivity (Wildman–Crippen MR) is 100 cm³/mol. The molecule has 2 aliphatic rings. The molecule has 2 unspecified atom stereocenters. The maximum atomic E-state index is 13.2. The van der Waals surface area contributed by atoms with Crippen molar-refractivity contribution < 1.29 is 4.79 Å². The molecule has 2 bridgehead atoms. The Hall–Kier alpha value is -2.28. The van der Waals surface area contributed by atoms with Gasteiger partial charge in [0.1, 0.15) is 12.7 Å². The van der Waals surface area contributed by atoms with Crippen LogP contribution in [0.5, 0.6) is 0 Å². The molecule has 3 aromatic rings. The number of nitrogens with zero attached hydrogens (tertiary/aromatic N) is 5. The van der Waals surface area contributed by atoms with E-state index in [4.69, 9.17) is 0 Å². The number of rotatable bonds is 3. The first-order valence-electron chi connectivity index (χ1n) is 9.29. The monoisotopic (exact) mass is 367 g/mol. The molecule has 2 atom stereocenters. The molecule has 2 aromatic heterocycles. The minimum atomic E-state index is 0.169. The van der Waals surface area contributed by atoms with Gasteiger partial charge in [0, 0.05) is 17.6 Å². The average Bonchev–Trinajstić information content (AvgIpc) is 3.38. The third kappa shape index (κ3) is 2.53. The van der Waals surface area contributed by atoms with Crippen molar-refractivity contribution >= 4 is 27.5 Å². The van der Waals surface area contributed by atoms with Crippen molar-refractivity contribution in [1.29, 1.82) is 0 Å². The van der Waals surface area contributed by atoms with Gasteiger partial charge in [0.05, 0.1) is 21.3 Å². The lowest BCUT2D eigenvalue weighted by Gasteiger charge is -2.39. The van der Waals surface area contributed by atoms with Crippen LogP contribution in [0.25, 0.3) is 10.2 Å². The highest BCUT2D eigenvalue weighted by Crippen LogP contribution is 2.41. The van der Waals surface area contributed by atoms with E-state index in [-0.39, 0.29) is 5.91 Å². The molecule has 0 N–H and O–H groups in total. The van der Waals surface area contributed by atoms with Crippen molar-refractivity contribution in [3.8, 4) is 0 Å². The third-order valence-corrected chi connectivity index (χ3v) is 6.90. The van der Waals surface area contributed by atoms with Gasteiger partial charge in [-0.05, 0) is 50.3 Å². The summed E-state index contributed by atoms with van der Waals surface area (Å²) in [5.74, 6) is 0.169. The summed E-state index contributed by atoms with van der Waals surface area (Å²) in [5, 5.41) is 5.43. The van der Waals surface area contributed by atoms with E-state index in [1.165, 1.54) is 0 Å². The molecule has 0 spiro atoms. The zero-order valence-electron chi connectivity index (χ0n) is 14.7. The van der Waals surface area contributed by atoms with Crippen LogP contribution in [-0.4, -0.2) is 42.6 Å². The van der Waals surface area contributed by atoms with E-state index in [1.54, 1.807) is 24.0 Å². The molecular weight excluding hydrogens is 346 g/mol. The lowest BCUT2D eigenvalue weighted by Crippen LogP contribution is -2.47. The molecule has 1 amide bonds. The number of aryl methyl sites for hydroxylation is 1. The molecule has 6 nitrogen and oxygen atoms in total. The van der Waals surface area contributed by atoms with Gasteiger partial charge in [-0.25, -0.2) is 14.6 Å². The molecule has 0 saturated carbocycles. The van der Waals surface area contributed by atoms with Gasteiger partial charge in [0.2, 0.25) is 0 Å². The van der Waals surface area contributed by atoms with Crippen LogP contribution < -0.4 is 0 Å². The topological polar surface area (TPSA) is 63.9 Å². The van der Waals surface area contributed by atoms with Gasteiger partial charge in [-0.3, -0.25) is 4.79 Å². The molecular formula is C19H21N5OS. The molecule has 1 aromatic carbocycles. The van der Waals surface area contributed by atoms with Gasteiger partial charge in [0.15, 0.2) is 0 Å². The van der Waals surface area contributed by atoms with Gasteiger partial charge >= 0.3 is 0 Å². The van der Waals surface area contributed by atoms with E-state index in [0.717, 1.165) is 52.9 Å². The smallest absolute Gasteiger partial charge is 0.254 e. The lowest BCUT2D eigenvalue weighted by molar-refractivity contribution is 0.0524. The van der Waals surface area contributed by atoms with E-state index in [0.29, 0.717) is 18.1 Å². The van der Waals surface area contributed by atoms with E-state index in [9.17, 15) is 4.79 Å². The Morgan fingerprint density at radius 3 is 2.73 bits per heavy atom.